The summed E-state index contributed by atoms with van der Waals surface area (Å²) in [7, 11) is 0. The van der Waals surface area contributed by atoms with Crippen LogP contribution >= 0.6 is 23.2 Å². The molecule has 5 atom stereocenters. The number of benzene rings is 1. The summed E-state index contributed by atoms with van der Waals surface area (Å²) >= 11 is 13.0. The van der Waals surface area contributed by atoms with E-state index in [-0.39, 0.29) is 17.1 Å². The largest absolute Gasteiger partial charge is 0.487 e. The molecular weight excluding hydrogens is 355 g/mol. The lowest BCUT2D eigenvalue weighted by Gasteiger charge is -2.50. The van der Waals surface area contributed by atoms with Crippen molar-refractivity contribution in [1.29, 1.82) is 0 Å². The molecule has 0 aromatic heterocycles. The number of para-hydroxylation sites is 1. The van der Waals surface area contributed by atoms with Crippen LogP contribution in [0.1, 0.15) is 65.0 Å². The first kappa shape index (κ1) is 17.9. The topological polar surface area (TPSA) is 18.5 Å². The van der Waals surface area contributed by atoms with Crippen LogP contribution in [0.3, 0.4) is 0 Å². The Balaban J connectivity index is 1.59. The number of ether oxygens (including phenoxy) is 2. The Kier molecular flexibility index (Phi) is 4.15. The molecule has 4 rings (SSSR count). The van der Waals surface area contributed by atoms with Crippen LogP contribution in [0.25, 0.3) is 0 Å². The second-order valence-electron chi connectivity index (χ2n) is 8.94. The summed E-state index contributed by atoms with van der Waals surface area (Å²) in [6.07, 6.45) is 4.59. The molecule has 0 amide bonds. The van der Waals surface area contributed by atoms with E-state index in [0.717, 1.165) is 31.4 Å². The van der Waals surface area contributed by atoms with Gasteiger partial charge in [0.2, 0.25) is 0 Å². The number of rotatable bonds is 3. The molecule has 25 heavy (non-hydrogen) atoms. The van der Waals surface area contributed by atoms with Crippen LogP contribution < -0.4 is 4.74 Å². The van der Waals surface area contributed by atoms with Crippen LogP contribution in [0.15, 0.2) is 24.3 Å². The third-order valence-corrected chi connectivity index (χ3v) is 8.50. The number of hydrogen-bond donors (Lipinski definition) is 0. The average molecular weight is 383 g/mol. The fraction of sp³-hybridized carbons (Fsp3) is 0.714. The SMILES string of the molecule is C[C@@H]1CC[C@@H]2[C@@H](O1)c1ccccc1O[C@@]2(C)CC[C@@H]1C(C)(C)C1(Cl)Cl. The van der Waals surface area contributed by atoms with E-state index in [0.29, 0.717) is 17.9 Å². The van der Waals surface area contributed by atoms with Crippen LogP contribution in [0.4, 0.5) is 0 Å². The molecule has 0 unspecified atom stereocenters. The minimum absolute atomic E-state index is 0.0178. The number of alkyl halides is 2. The zero-order chi connectivity index (χ0) is 18.0. The predicted octanol–water partition coefficient (Wildman–Crippen LogP) is 6.30. The van der Waals surface area contributed by atoms with Crippen molar-refractivity contribution in [2.75, 3.05) is 0 Å². The first-order valence-electron chi connectivity index (χ1n) is 9.48. The minimum atomic E-state index is -0.604. The fourth-order valence-corrected chi connectivity index (χ4v) is 5.91. The highest BCUT2D eigenvalue weighted by Crippen LogP contribution is 2.70. The molecule has 138 valence electrons. The molecule has 0 bridgehead atoms. The van der Waals surface area contributed by atoms with Gasteiger partial charge in [0.1, 0.15) is 15.7 Å². The van der Waals surface area contributed by atoms with E-state index >= 15 is 0 Å². The van der Waals surface area contributed by atoms with E-state index in [1.165, 1.54) is 5.56 Å². The summed E-state index contributed by atoms with van der Waals surface area (Å²) in [6.45, 7) is 8.74. The summed E-state index contributed by atoms with van der Waals surface area (Å²) in [6, 6.07) is 8.34. The van der Waals surface area contributed by atoms with Gasteiger partial charge in [0.25, 0.3) is 0 Å². The lowest BCUT2D eigenvalue weighted by Crippen LogP contribution is -2.50. The Hall–Kier alpha value is -0.440. The summed E-state index contributed by atoms with van der Waals surface area (Å²) in [4.78, 5) is 0. The molecule has 2 nitrogen and oxygen atoms in total. The average Bonchev–Trinajstić information content (AvgIpc) is 2.94. The first-order valence-corrected chi connectivity index (χ1v) is 10.2. The zero-order valence-corrected chi connectivity index (χ0v) is 17.0. The predicted molar refractivity (Wildman–Crippen MR) is 102 cm³/mol. The maximum atomic E-state index is 6.57. The minimum Gasteiger partial charge on any atom is -0.487 e. The smallest absolute Gasteiger partial charge is 0.127 e. The fourth-order valence-electron chi connectivity index (χ4n) is 5.00. The Labute approximate surface area is 161 Å². The van der Waals surface area contributed by atoms with Gasteiger partial charge in [-0.15, -0.1) is 23.2 Å². The number of halogens is 2. The Morgan fingerprint density at radius 2 is 1.80 bits per heavy atom. The second kappa shape index (κ2) is 5.78. The molecule has 0 N–H and O–H groups in total. The van der Waals surface area contributed by atoms with Crippen LogP contribution in [-0.2, 0) is 4.74 Å². The van der Waals surface area contributed by atoms with Gasteiger partial charge < -0.3 is 9.47 Å². The van der Waals surface area contributed by atoms with Gasteiger partial charge in [0.05, 0.1) is 12.2 Å². The molecule has 1 aromatic carbocycles. The molecular formula is C21H28Cl2O2. The van der Waals surface area contributed by atoms with E-state index in [1.807, 2.05) is 6.07 Å². The quantitative estimate of drug-likeness (QED) is 0.570. The van der Waals surface area contributed by atoms with E-state index in [4.69, 9.17) is 32.7 Å². The molecule has 1 aliphatic carbocycles. The highest BCUT2D eigenvalue weighted by molar-refractivity contribution is 6.51. The second-order valence-corrected chi connectivity index (χ2v) is 10.3. The van der Waals surface area contributed by atoms with Gasteiger partial charge in [-0.3, -0.25) is 0 Å². The summed E-state index contributed by atoms with van der Waals surface area (Å²) < 4.78 is 12.4. The maximum absolute atomic E-state index is 6.57. The maximum Gasteiger partial charge on any atom is 0.127 e. The molecule has 2 heterocycles. The van der Waals surface area contributed by atoms with Gasteiger partial charge in [-0.05, 0) is 45.6 Å². The third-order valence-electron chi connectivity index (χ3n) is 7.00. The van der Waals surface area contributed by atoms with E-state index in [9.17, 15) is 0 Å². The molecule has 1 saturated heterocycles. The van der Waals surface area contributed by atoms with Crippen molar-refractivity contribution >= 4 is 23.2 Å². The van der Waals surface area contributed by atoms with E-state index < -0.39 is 4.33 Å². The van der Waals surface area contributed by atoms with Crippen LogP contribution in [0.2, 0.25) is 0 Å². The Morgan fingerprint density at radius 3 is 2.48 bits per heavy atom. The molecule has 1 saturated carbocycles. The van der Waals surface area contributed by atoms with Crippen molar-refractivity contribution in [1.82, 2.24) is 0 Å². The standard InChI is InChI=1S/C21H28Cl2O2/c1-13-9-10-15-18(24-13)14-7-5-6-8-16(14)25-20(15,4)12-11-17-19(2,3)21(17,22)23/h5-8,13,15,17-18H,9-12H2,1-4H3/t13-,15-,17-,18+,20+/m1/s1. The van der Waals surface area contributed by atoms with Crippen LogP contribution in [0.5, 0.6) is 5.75 Å². The molecule has 0 spiro atoms. The summed E-state index contributed by atoms with van der Waals surface area (Å²) in [5.74, 6) is 1.67. The normalized spacial score (nSPS) is 40.6. The Morgan fingerprint density at radius 1 is 1.12 bits per heavy atom. The van der Waals surface area contributed by atoms with Crippen molar-refractivity contribution in [3.8, 4) is 5.75 Å². The molecule has 3 aliphatic rings. The van der Waals surface area contributed by atoms with Crippen molar-refractivity contribution in [3.05, 3.63) is 29.8 Å². The van der Waals surface area contributed by atoms with Crippen LogP contribution in [0, 0.1) is 17.3 Å². The monoisotopic (exact) mass is 382 g/mol. The van der Waals surface area contributed by atoms with Gasteiger partial charge in [-0.25, -0.2) is 0 Å². The summed E-state index contributed by atoms with van der Waals surface area (Å²) in [5, 5.41) is 0. The van der Waals surface area contributed by atoms with Crippen molar-refractivity contribution < 1.29 is 9.47 Å². The lowest BCUT2D eigenvalue weighted by atomic mass is 9.72. The van der Waals surface area contributed by atoms with E-state index in [1.54, 1.807) is 0 Å². The van der Waals surface area contributed by atoms with Crippen molar-refractivity contribution in [2.24, 2.45) is 17.3 Å². The van der Waals surface area contributed by atoms with Crippen molar-refractivity contribution in [3.63, 3.8) is 0 Å². The Bertz CT molecular complexity index is 658. The van der Waals surface area contributed by atoms with Gasteiger partial charge in [-0.2, -0.15) is 0 Å². The third kappa shape index (κ3) is 2.71. The molecule has 1 aromatic rings. The number of fused-ring (bicyclic) bond motifs is 3. The number of hydrogen-bond acceptors (Lipinski definition) is 2. The zero-order valence-electron chi connectivity index (χ0n) is 15.5. The molecule has 4 heteroatoms. The van der Waals surface area contributed by atoms with Gasteiger partial charge in [-0.1, -0.05) is 32.0 Å². The van der Waals surface area contributed by atoms with Gasteiger partial charge in [0, 0.05) is 22.8 Å². The highest BCUT2D eigenvalue weighted by atomic mass is 35.5. The van der Waals surface area contributed by atoms with E-state index in [2.05, 4.69) is 45.9 Å². The summed E-state index contributed by atoms with van der Waals surface area (Å²) in [5.41, 5.74) is 0.949. The lowest BCUT2D eigenvalue weighted by molar-refractivity contribution is -0.153. The van der Waals surface area contributed by atoms with Gasteiger partial charge >= 0.3 is 0 Å². The molecule has 0 radical (unpaired) electrons. The highest BCUT2D eigenvalue weighted by Gasteiger charge is 2.69. The van der Waals surface area contributed by atoms with Crippen molar-refractivity contribution in [2.45, 2.75) is 75.5 Å². The van der Waals surface area contributed by atoms with Gasteiger partial charge in [0.15, 0.2) is 0 Å². The molecule has 2 aliphatic heterocycles. The first-order chi connectivity index (χ1) is 11.7. The van der Waals surface area contributed by atoms with Crippen LogP contribution in [-0.4, -0.2) is 16.0 Å². The molecule has 2 fully saturated rings.